The molecule has 0 spiro atoms. The lowest BCUT2D eigenvalue weighted by Crippen LogP contribution is -2.16. The van der Waals surface area contributed by atoms with Gasteiger partial charge in [-0.3, -0.25) is 0 Å². The van der Waals surface area contributed by atoms with E-state index in [4.69, 9.17) is 0 Å². The zero-order valence-electron chi connectivity index (χ0n) is 12.9. The fraction of sp³-hybridized carbons (Fsp3) is 0.294. The van der Waals surface area contributed by atoms with Crippen molar-refractivity contribution in [2.24, 2.45) is 0 Å². The van der Waals surface area contributed by atoms with E-state index in [9.17, 15) is 5.11 Å². The fourth-order valence-electron chi connectivity index (χ4n) is 2.37. The maximum absolute atomic E-state index is 9.49. The van der Waals surface area contributed by atoms with Crippen LogP contribution in [-0.4, -0.2) is 27.7 Å². The van der Waals surface area contributed by atoms with Crippen LogP contribution in [0.2, 0.25) is 0 Å². The van der Waals surface area contributed by atoms with Crippen molar-refractivity contribution in [3.63, 3.8) is 0 Å². The second-order valence-corrected chi connectivity index (χ2v) is 6.44. The third-order valence-corrected chi connectivity index (χ3v) is 4.64. The van der Waals surface area contributed by atoms with Crippen molar-refractivity contribution in [3.8, 4) is 11.1 Å². The second kappa shape index (κ2) is 6.02. The van der Waals surface area contributed by atoms with Crippen LogP contribution in [0.25, 0.3) is 21.3 Å². The number of rotatable bonds is 4. The molecule has 3 aromatic rings. The van der Waals surface area contributed by atoms with Gasteiger partial charge in [0.15, 0.2) is 0 Å². The SMILES string of the molecule is Cc1ccc(-c2csc3ncnc(NCC(C)O)c23)cc1C. The Morgan fingerprint density at radius 1 is 1.23 bits per heavy atom. The molecule has 0 radical (unpaired) electrons. The van der Waals surface area contributed by atoms with Crippen molar-refractivity contribution < 1.29 is 5.11 Å². The largest absolute Gasteiger partial charge is 0.392 e. The maximum Gasteiger partial charge on any atom is 0.138 e. The lowest BCUT2D eigenvalue weighted by molar-refractivity contribution is 0.208. The molecule has 0 aliphatic carbocycles. The van der Waals surface area contributed by atoms with Crippen molar-refractivity contribution in [2.45, 2.75) is 26.9 Å². The summed E-state index contributed by atoms with van der Waals surface area (Å²) < 4.78 is 0. The van der Waals surface area contributed by atoms with E-state index in [1.54, 1.807) is 24.6 Å². The van der Waals surface area contributed by atoms with Crippen molar-refractivity contribution in [1.29, 1.82) is 0 Å². The Morgan fingerprint density at radius 2 is 2.05 bits per heavy atom. The first-order valence-electron chi connectivity index (χ1n) is 7.28. The number of nitrogens with one attached hydrogen (secondary N) is 1. The summed E-state index contributed by atoms with van der Waals surface area (Å²) in [6.07, 6.45) is 1.14. The number of anilines is 1. The quantitative estimate of drug-likeness (QED) is 0.770. The van der Waals surface area contributed by atoms with Gasteiger partial charge in [-0.25, -0.2) is 9.97 Å². The van der Waals surface area contributed by atoms with E-state index in [1.165, 1.54) is 16.7 Å². The number of aryl methyl sites for hydroxylation is 2. The number of aromatic nitrogens is 2. The summed E-state index contributed by atoms with van der Waals surface area (Å²) in [6.45, 7) is 6.46. The molecule has 1 aromatic carbocycles. The van der Waals surface area contributed by atoms with Gasteiger partial charge in [-0.15, -0.1) is 11.3 Å². The smallest absolute Gasteiger partial charge is 0.138 e. The Hall–Kier alpha value is -1.98. The van der Waals surface area contributed by atoms with E-state index < -0.39 is 6.10 Å². The van der Waals surface area contributed by atoms with Crippen LogP contribution in [0, 0.1) is 13.8 Å². The summed E-state index contributed by atoms with van der Waals surface area (Å²) in [4.78, 5) is 9.67. The van der Waals surface area contributed by atoms with Crippen LogP contribution in [0.4, 0.5) is 5.82 Å². The Labute approximate surface area is 133 Å². The summed E-state index contributed by atoms with van der Waals surface area (Å²) >= 11 is 1.61. The van der Waals surface area contributed by atoms with Crippen LogP contribution < -0.4 is 5.32 Å². The minimum Gasteiger partial charge on any atom is -0.392 e. The molecule has 2 aromatic heterocycles. The fourth-order valence-corrected chi connectivity index (χ4v) is 3.29. The van der Waals surface area contributed by atoms with Crippen LogP contribution in [0.3, 0.4) is 0 Å². The number of hydrogen-bond donors (Lipinski definition) is 2. The molecule has 0 bridgehead atoms. The molecule has 0 saturated carbocycles. The summed E-state index contributed by atoms with van der Waals surface area (Å²) in [5.74, 6) is 0.778. The topological polar surface area (TPSA) is 58.0 Å². The third kappa shape index (κ3) is 2.82. The number of aliphatic hydroxyl groups is 1. The van der Waals surface area contributed by atoms with E-state index in [0.717, 1.165) is 21.6 Å². The Balaban J connectivity index is 2.11. The molecule has 4 nitrogen and oxygen atoms in total. The number of hydrogen-bond acceptors (Lipinski definition) is 5. The van der Waals surface area contributed by atoms with Gasteiger partial charge in [0.25, 0.3) is 0 Å². The van der Waals surface area contributed by atoms with Gasteiger partial charge in [-0.2, -0.15) is 0 Å². The molecule has 2 heterocycles. The minimum absolute atomic E-state index is 0.422. The van der Waals surface area contributed by atoms with Crippen LogP contribution >= 0.6 is 11.3 Å². The number of benzene rings is 1. The van der Waals surface area contributed by atoms with Gasteiger partial charge in [0, 0.05) is 17.5 Å². The molecule has 1 atom stereocenters. The lowest BCUT2D eigenvalue weighted by atomic mass is 10.0. The molecule has 0 aliphatic heterocycles. The number of thiophene rings is 1. The average Bonchev–Trinajstić information content (AvgIpc) is 2.92. The van der Waals surface area contributed by atoms with Gasteiger partial charge in [0.1, 0.15) is 17.0 Å². The monoisotopic (exact) mass is 313 g/mol. The molecule has 0 amide bonds. The Bertz CT molecular complexity index is 811. The lowest BCUT2D eigenvalue weighted by Gasteiger charge is -2.10. The summed E-state index contributed by atoms with van der Waals surface area (Å²) in [7, 11) is 0. The molecule has 3 rings (SSSR count). The van der Waals surface area contributed by atoms with Crippen molar-refractivity contribution in [2.75, 3.05) is 11.9 Å². The highest BCUT2D eigenvalue weighted by Crippen LogP contribution is 2.36. The molecule has 22 heavy (non-hydrogen) atoms. The molecule has 114 valence electrons. The first kappa shape index (κ1) is 14.9. The first-order valence-corrected chi connectivity index (χ1v) is 8.16. The second-order valence-electron chi connectivity index (χ2n) is 5.58. The Morgan fingerprint density at radius 3 is 2.77 bits per heavy atom. The summed E-state index contributed by atoms with van der Waals surface area (Å²) in [5, 5.41) is 15.8. The third-order valence-electron chi connectivity index (χ3n) is 3.75. The van der Waals surface area contributed by atoms with Gasteiger partial charge in [-0.05, 0) is 37.5 Å². The van der Waals surface area contributed by atoms with Gasteiger partial charge in [-0.1, -0.05) is 18.2 Å². The number of fused-ring (bicyclic) bond motifs is 1. The van der Waals surface area contributed by atoms with Gasteiger partial charge >= 0.3 is 0 Å². The standard InChI is InChI=1S/C17H19N3OS/c1-10-4-5-13(6-11(10)2)14-8-22-17-15(14)16(19-9-20-17)18-7-12(3)21/h4-6,8-9,12,21H,7H2,1-3H3,(H,18,19,20). The molecular formula is C17H19N3OS. The highest BCUT2D eigenvalue weighted by molar-refractivity contribution is 7.17. The zero-order chi connectivity index (χ0) is 15.7. The van der Waals surface area contributed by atoms with E-state index in [2.05, 4.69) is 52.7 Å². The van der Waals surface area contributed by atoms with E-state index >= 15 is 0 Å². The van der Waals surface area contributed by atoms with Crippen LogP contribution in [0.5, 0.6) is 0 Å². The average molecular weight is 313 g/mol. The molecular weight excluding hydrogens is 294 g/mol. The van der Waals surface area contributed by atoms with Gasteiger partial charge < -0.3 is 10.4 Å². The van der Waals surface area contributed by atoms with Gasteiger partial charge in [0.05, 0.1) is 11.5 Å². The summed E-state index contributed by atoms with van der Waals surface area (Å²) in [5.41, 5.74) is 4.86. The maximum atomic E-state index is 9.49. The molecule has 0 aliphatic rings. The molecule has 0 saturated heterocycles. The van der Waals surface area contributed by atoms with Crippen molar-refractivity contribution in [3.05, 3.63) is 41.0 Å². The summed E-state index contributed by atoms with van der Waals surface area (Å²) in [6, 6.07) is 6.47. The van der Waals surface area contributed by atoms with E-state index in [0.29, 0.717) is 6.54 Å². The molecule has 0 fully saturated rings. The minimum atomic E-state index is -0.422. The van der Waals surface area contributed by atoms with Crippen LogP contribution in [-0.2, 0) is 0 Å². The first-order chi connectivity index (χ1) is 10.6. The predicted octanol–water partition coefficient (Wildman–Crippen LogP) is 3.77. The van der Waals surface area contributed by atoms with Crippen LogP contribution in [0.1, 0.15) is 18.1 Å². The van der Waals surface area contributed by atoms with E-state index in [-0.39, 0.29) is 0 Å². The molecule has 5 heteroatoms. The van der Waals surface area contributed by atoms with Crippen LogP contribution in [0.15, 0.2) is 29.9 Å². The normalized spacial score (nSPS) is 12.5. The molecule has 1 unspecified atom stereocenters. The predicted molar refractivity (Wildman–Crippen MR) is 92.5 cm³/mol. The van der Waals surface area contributed by atoms with Crippen molar-refractivity contribution in [1.82, 2.24) is 9.97 Å². The Kier molecular flexibility index (Phi) is 4.09. The van der Waals surface area contributed by atoms with E-state index in [1.807, 2.05) is 0 Å². The number of nitrogens with zero attached hydrogens (tertiary/aromatic N) is 2. The highest BCUT2D eigenvalue weighted by atomic mass is 32.1. The number of aliphatic hydroxyl groups excluding tert-OH is 1. The van der Waals surface area contributed by atoms with Gasteiger partial charge in [0.2, 0.25) is 0 Å². The molecule has 2 N–H and O–H groups in total. The highest BCUT2D eigenvalue weighted by Gasteiger charge is 2.13. The zero-order valence-corrected chi connectivity index (χ0v) is 13.7. The van der Waals surface area contributed by atoms with Crippen molar-refractivity contribution >= 4 is 27.4 Å².